The van der Waals surface area contributed by atoms with Crippen molar-refractivity contribution in [3.63, 3.8) is 0 Å². The standard InChI is InChI=1S/C22H33N3O16P2S/c1-4-22(35-3)17(9-6-36-16-11(9)24-8-25-18(16)23)39-21(2,20(22)31)7-37-43(34,44)41-42(32,33)40-19-14(30)12(28)13(29)15(38-19)10(27)5-26/h1,8-10,12-15,17,19-20,26-31H,5-7H2,2-3H3,(H,32,33)(H,34,44)(H2,23,24,25)/t9?,10-,12?,13?,14?,15?,17-,19?,20+,21+,22-,43?/m0/s1. The van der Waals surface area contributed by atoms with Crippen LogP contribution < -0.4 is 10.5 Å². The van der Waals surface area contributed by atoms with Crippen LogP contribution in [-0.4, -0.2) is 138 Å². The van der Waals surface area contributed by atoms with E-state index in [0.29, 0.717) is 5.69 Å². The van der Waals surface area contributed by atoms with Crippen molar-refractivity contribution >= 4 is 32.2 Å². The molecule has 1 aromatic heterocycles. The highest BCUT2D eigenvalue weighted by molar-refractivity contribution is 8.08. The lowest BCUT2D eigenvalue weighted by Crippen LogP contribution is -2.61. The number of nitrogens with zero attached hydrogens (tertiary/aromatic N) is 2. The molecular formula is C22H33N3O16P2S. The number of fused-ring (bicyclic) bond motifs is 1. The van der Waals surface area contributed by atoms with Crippen LogP contribution in [0, 0.1) is 12.3 Å². The number of methoxy groups -OCH3 is 1. The molecule has 1 aromatic rings. The van der Waals surface area contributed by atoms with Crippen molar-refractivity contribution in [3.8, 4) is 18.1 Å². The summed E-state index contributed by atoms with van der Waals surface area (Å²) in [4.78, 5) is 28.9. The number of aliphatic hydroxyl groups is 6. The van der Waals surface area contributed by atoms with Crippen LogP contribution in [0.4, 0.5) is 5.82 Å². The largest absolute Gasteiger partial charge is 0.487 e. The molecule has 2 fully saturated rings. The van der Waals surface area contributed by atoms with Gasteiger partial charge in [0.2, 0.25) is 0 Å². The lowest BCUT2D eigenvalue weighted by Gasteiger charge is -2.41. The molecule has 0 amide bonds. The summed E-state index contributed by atoms with van der Waals surface area (Å²) in [6.07, 6.45) is -7.67. The average molecular weight is 690 g/mol. The molecule has 10 N–H and O–H groups in total. The highest BCUT2D eigenvalue weighted by atomic mass is 32.5. The Kier molecular flexibility index (Phi) is 10.5. The lowest BCUT2D eigenvalue weighted by atomic mass is 9.80. The van der Waals surface area contributed by atoms with Crippen LogP contribution in [0.15, 0.2) is 6.33 Å². The van der Waals surface area contributed by atoms with Crippen molar-refractivity contribution in [2.24, 2.45) is 0 Å². The van der Waals surface area contributed by atoms with Gasteiger partial charge in [0.15, 0.2) is 23.5 Å². The Bertz CT molecular complexity index is 1360. The lowest BCUT2D eigenvalue weighted by molar-refractivity contribution is -0.292. The molecule has 22 heteroatoms. The van der Waals surface area contributed by atoms with Gasteiger partial charge in [-0.1, -0.05) is 5.92 Å². The molecule has 44 heavy (non-hydrogen) atoms. The van der Waals surface area contributed by atoms with E-state index in [1.54, 1.807) is 0 Å². The number of hydrogen-bond donors (Lipinski definition) is 9. The third kappa shape index (κ3) is 6.53. The van der Waals surface area contributed by atoms with Crippen LogP contribution in [0.2, 0.25) is 0 Å². The number of nitrogen functional groups attached to an aromatic ring is 1. The second-order valence-corrected chi connectivity index (χ2v) is 14.8. The molecular weight excluding hydrogens is 656 g/mol. The Morgan fingerprint density at radius 3 is 2.55 bits per heavy atom. The number of terminal acetylenes is 1. The molecule has 8 unspecified atom stereocenters. The van der Waals surface area contributed by atoms with E-state index in [4.69, 9.17) is 57.1 Å². The van der Waals surface area contributed by atoms with Gasteiger partial charge >= 0.3 is 14.5 Å². The van der Waals surface area contributed by atoms with Gasteiger partial charge in [-0.3, -0.25) is 4.52 Å². The van der Waals surface area contributed by atoms with Crippen LogP contribution in [0.5, 0.6) is 5.75 Å². The summed E-state index contributed by atoms with van der Waals surface area (Å²) in [6, 6.07) is 0. The average Bonchev–Trinajstić information content (AvgIpc) is 3.49. The first kappa shape index (κ1) is 35.4. The number of hydrogen-bond acceptors (Lipinski definition) is 18. The van der Waals surface area contributed by atoms with E-state index < -0.39 is 93.9 Å². The molecule has 3 aliphatic heterocycles. The molecule has 2 saturated heterocycles. The number of rotatable bonds is 11. The Hall–Kier alpha value is -1.44. The number of nitrogens with two attached hydrogens (primary N) is 1. The normalized spacial score (nSPS) is 40.3. The Morgan fingerprint density at radius 2 is 1.93 bits per heavy atom. The van der Waals surface area contributed by atoms with Crippen LogP contribution in [0.3, 0.4) is 0 Å². The van der Waals surface area contributed by atoms with Gasteiger partial charge in [0.25, 0.3) is 0 Å². The van der Waals surface area contributed by atoms with Crippen molar-refractivity contribution in [2.75, 3.05) is 32.7 Å². The van der Waals surface area contributed by atoms with E-state index in [9.17, 15) is 39.9 Å². The molecule has 4 heterocycles. The summed E-state index contributed by atoms with van der Waals surface area (Å²) in [6.45, 7) is -5.16. The molecule has 0 aromatic carbocycles. The molecule has 0 bridgehead atoms. The maximum atomic E-state index is 12.7. The summed E-state index contributed by atoms with van der Waals surface area (Å²) in [5, 5.41) is 60.4. The Labute approximate surface area is 255 Å². The molecule has 0 aliphatic carbocycles. The van der Waals surface area contributed by atoms with Gasteiger partial charge in [-0.05, 0) is 18.7 Å². The molecule has 13 atom stereocenters. The van der Waals surface area contributed by atoms with E-state index in [2.05, 4.69) is 20.2 Å². The predicted molar refractivity (Wildman–Crippen MR) is 147 cm³/mol. The number of phosphoric ester groups is 1. The monoisotopic (exact) mass is 689 g/mol. The summed E-state index contributed by atoms with van der Waals surface area (Å²) in [5.41, 5.74) is 2.60. The maximum Gasteiger partial charge on any atom is 0.481 e. The van der Waals surface area contributed by atoms with Crippen molar-refractivity contribution in [3.05, 3.63) is 12.0 Å². The van der Waals surface area contributed by atoms with Gasteiger partial charge in [0.05, 0.1) is 31.4 Å². The number of anilines is 1. The SMILES string of the molecule is C#C[C@]1(OC)[C@H](C2COc3c(N)ncnc32)O[C@](C)(COP(O)(=S)OP(=O)(O)OC2OC([C@@H](O)CO)C(O)C(O)C2O)[C@H]1O. The second-order valence-electron chi connectivity index (χ2n) is 10.4. The summed E-state index contributed by atoms with van der Waals surface area (Å²) in [7, 11) is -4.26. The van der Waals surface area contributed by atoms with Gasteiger partial charge in [-0.15, -0.1) is 6.42 Å². The van der Waals surface area contributed by atoms with E-state index in [0.717, 1.165) is 0 Å². The van der Waals surface area contributed by atoms with Crippen LogP contribution in [0.1, 0.15) is 18.5 Å². The van der Waals surface area contributed by atoms with Crippen molar-refractivity contribution in [2.45, 2.75) is 73.1 Å². The van der Waals surface area contributed by atoms with Gasteiger partial charge in [0.1, 0.15) is 54.7 Å². The van der Waals surface area contributed by atoms with Gasteiger partial charge in [0, 0.05) is 7.11 Å². The third-order valence-electron chi connectivity index (χ3n) is 7.48. The highest BCUT2D eigenvalue weighted by Crippen LogP contribution is 2.62. The van der Waals surface area contributed by atoms with E-state index in [-0.39, 0.29) is 18.2 Å². The fraction of sp³-hybridized carbons (Fsp3) is 0.727. The third-order valence-corrected chi connectivity index (χ3v) is 11.0. The van der Waals surface area contributed by atoms with E-state index in [1.807, 2.05) is 0 Å². The minimum Gasteiger partial charge on any atom is -0.487 e. The zero-order valence-corrected chi connectivity index (χ0v) is 25.7. The molecule has 4 rings (SSSR count). The van der Waals surface area contributed by atoms with Crippen molar-refractivity contribution in [1.82, 2.24) is 9.97 Å². The fourth-order valence-corrected chi connectivity index (χ4v) is 8.34. The minimum absolute atomic E-state index is 0.0253. The molecule has 248 valence electrons. The summed E-state index contributed by atoms with van der Waals surface area (Å²) >= 11 is 4.84. The topological polar surface area (TPSA) is 295 Å². The van der Waals surface area contributed by atoms with Crippen molar-refractivity contribution in [1.29, 1.82) is 0 Å². The first-order valence-corrected chi connectivity index (χ1v) is 16.8. The summed E-state index contributed by atoms with van der Waals surface area (Å²) < 4.78 is 49.6. The number of ether oxygens (including phenoxy) is 4. The van der Waals surface area contributed by atoms with Crippen LogP contribution >= 0.6 is 14.5 Å². The molecule has 0 spiro atoms. The molecule has 3 aliphatic rings. The number of aromatic nitrogens is 2. The van der Waals surface area contributed by atoms with Crippen molar-refractivity contribution < 1.29 is 77.3 Å². The minimum atomic E-state index is -5.49. The smallest absolute Gasteiger partial charge is 0.481 e. The van der Waals surface area contributed by atoms with Crippen LogP contribution in [0.25, 0.3) is 0 Å². The highest BCUT2D eigenvalue weighted by Gasteiger charge is 2.65. The molecule has 19 nitrogen and oxygen atoms in total. The summed E-state index contributed by atoms with van der Waals surface area (Å²) in [5.74, 6) is 1.95. The maximum absolute atomic E-state index is 12.7. The first-order valence-electron chi connectivity index (χ1n) is 12.8. The zero-order chi connectivity index (χ0) is 32.8. The quantitative estimate of drug-likeness (QED) is 0.0808. The molecule has 0 saturated carbocycles. The Morgan fingerprint density at radius 1 is 1.25 bits per heavy atom. The number of aliphatic hydroxyl groups excluding tert-OH is 6. The zero-order valence-electron chi connectivity index (χ0n) is 23.1. The van der Waals surface area contributed by atoms with Gasteiger partial charge < -0.3 is 69.6 Å². The van der Waals surface area contributed by atoms with Crippen LogP contribution in [-0.2, 0) is 43.9 Å². The Balaban J connectivity index is 1.48. The van der Waals surface area contributed by atoms with Gasteiger partial charge in [-0.25, -0.2) is 18.8 Å². The fourth-order valence-electron chi connectivity index (χ4n) is 5.19. The van der Waals surface area contributed by atoms with E-state index in [1.165, 1.54) is 20.4 Å². The molecule has 0 radical (unpaired) electrons. The van der Waals surface area contributed by atoms with E-state index >= 15 is 0 Å². The first-order chi connectivity index (χ1) is 20.5. The predicted octanol–water partition coefficient (Wildman–Crippen LogP) is -3.40. The second kappa shape index (κ2) is 13.0. The van der Waals surface area contributed by atoms with Gasteiger partial charge in [-0.2, -0.15) is 0 Å². The number of phosphoric acid groups is 1.